The minimum Gasteiger partial charge on any atom is -0.339 e. The van der Waals surface area contributed by atoms with E-state index in [0.29, 0.717) is 16.7 Å². The lowest BCUT2D eigenvalue weighted by Gasteiger charge is -2.24. The summed E-state index contributed by atoms with van der Waals surface area (Å²) in [6, 6.07) is 0. The molecule has 32 heavy (non-hydrogen) atoms. The van der Waals surface area contributed by atoms with Gasteiger partial charge in [-0.15, -0.1) is 0 Å². The Morgan fingerprint density at radius 1 is 1.12 bits per heavy atom. The van der Waals surface area contributed by atoms with Crippen molar-refractivity contribution in [3.8, 4) is 0 Å². The predicted molar refractivity (Wildman–Crippen MR) is 101 cm³/mol. The Morgan fingerprint density at radius 2 is 1.78 bits per heavy atom. The molecule has 6 nitrogen and oxygen atoms in total. The van der Waals surface area contributed by atoms with Crippen LogP contribution in [0.2, 0.25) is 0 Å². The van der Waals surface area contributed by atoms with Crippen LogP contribution in [-0.2, 0) is 10.2 Å². The van der Waals surface area contributed by atoms with Gasteiger partial charge in [-0.25, -0.2) is 9.36 Å². The molecule has 3 atom stereocenters. The Kier molecular flexibility index (Phi) is 6.22. The van der Waals surface area contributed by atoms with E-state index in [-0.39, 0.29) is 23.7 Å². The molecule has 0 spiro atoms. The molecule has 0 N–H and O–H groups in total. The van der Waals surface area contributed by atoms with Gasteiger partial charge in [-0.05, 0) is 34.8 Å². The van der Waals surface area contributed by atoms with Gasteiger partial charge in [0.2, 0.25) is 12.1 Å². The number of hydrogen-bond donors (Lipinski definition) is 0. The van der Waals surface area contributed by atoms with Crippen molar-refractivity contribution >= 4 is 5.91 Å². The summed E-state index contributed by atoms with van der Waals surface area (Å²) in [5.74, 6) is -0.549. The molecule has 0 aromatic carbocycles. The maximum absolute atomic E-state index is 13.3. The fraction of sp³-hybridized carbons (Fsp3) is 0.650. The van der Waals surface area contributed by atoms with Crippen LogP contribution in [0, 0.1) is 11.8 Å². The van der Waals surface area contributed by atoms with Crippen LogP contribution in [0.25, 0.3) is 0 Å². The second kappa shape index (κ2) is 8.20. The van der Waals surface area contributed by atoms with Gasteiger partial charge in [0.15, 0.2) is 0 Å². The van der Waals surface area contributed by atoms with Crippen LogP contribution in [0.5, 0.6) is 0 Å². The van der Waals surface area contributed by atoms with Gasteiger partial charge < -0.3 is 4.74 Å². The lowest BCUT2D eigenvalue weighted by Crippen LogP contribution is -2.33. The summed E-state index contributed by atoms with van der Waals surface area (Å²) in [6.07, 6.45) is -6.88. The molecule has 3 rings (SSSR count). The highest BCUT2D eigenvalue weighted by atomic mass is 19.4. The molecule has 1 fully saturated rings. The van der Waals surface area contributed by atoms with Gasteiger partial charge in [-0.1, -0.05) is 27.7 Å². The molecule has 2 aromatic heterocycles. The molecule has 1 aliphatic carbocycles. The van der Waals surface area contributed by atoms with E-state index in [1.807, 2.05) is 13.8 Å². The number of rotatable bonds is 7. The van der Waals surface area contributed by atoms with Gasteiger partial charge in [0.25, 0.3) is 0 Å². The van der Waals surface area contributed by atoms with Gasteiger partial charge in [-0.3, -0.25) is 4.79 Å². The first kappa shape index (κ1) is 24.3. The van der Waals surface area contributed by atoms with E-state index in [1.165, 1.54) is 10.9 Å². The third-order valence-electron chi connectivity index (χ3n) is 5.80. The average molecular weight is 466 g/mol. The number of nitrogens with zero attached hydrogens (tertiary/aromatic N) is 4. The van der Waals surface area contributed by atoms with Gasteiger partial charge in [0.05, 0.1) is 12.4 Å². The quantitative estimate of drug-likeness (QED) is 0.533. The van der Waals surface area contributed by atoms with Crippen molar-refractivity contribution < 1.29 is 35.9 Å². The van der Waals surface area contributed by atoms with E-state index >= 15 is 0 Å². The van der Waals surface area contributed by atoms with E-state index in [4.69, 9.17) is 0 Å². The molecule has 0 aliphatic heterocycles. The van der Waals surface area contributed by atoms with Crippen molar-refractivity contribution in [1.82, 2.24) is 19.6 Å². The summed E-state index contributed by atoms with van der Waals surface area (Å²) in [7, 11) is 0. The fourth-order valence-corrected chi connectivity index (χ4v) is 3.70. The molecule has 0 radical (unpaired) electrons. The molecular formula is C20H24F6N4O2. The zero-order valence-electron chi connectivity index (χ0n) is 17.9. The van der Waals surface area contributed by atoms with Crippen molar-refractivity contribution in [2.45, 2.75) is 64.0 Å². The summed E-state index contributed by atoms with van der Waals surface area (Å²) in [5, 5.41) is 7.71. The van der Waals surface area contributed by atoms with E-state index in [2.05, 4.69) is 14.9 Å². The molecule has 1 saturated carbocycles. The van der Waals surface area contributed by atoms with Crippen LogP contribution in [0.1, 0.15) is 62.2 Å². The van der Waals surface area contributed by atoms with Gasteiger partial charge >= 0.3 is 12.4 Å². The Balaban J connectivity index is 1.74. The van der Waals surface area contributed by atoms with Crippen LogP contribution in [0.15, 0.2) is 24.8 Å². The predicted octanol–water partition coefficient (Wildman–Crippen LogP) is 5.10. The maximum atomic E-state index is 13.3. The van der Waals surface area contributed by atoms with E-state index in [9.17, 15) is 31.1 Å². The molecule has 12 heteroatoms. The van der Waals surface area contributed by atoms with Crippen molar-refractivity contribution in [3.05, 3.63) is 35.9 Å². The number of hydrogen-bond acceptors (Lipinski definition) is 4. The van der Waals surface area contributed by atoms with Gasteiger partial charge in [0.1, 0.15) is 6.61 Å². The van der Waals surface area contributed by atoms with Crippen LogP contribution in [-0.4, -0.2) is 44.4 Å². The molecule has 1 aliphatic rings. The highest BCUT2D eigenvalue weighted by Crippen LogP contribution is 2.53. The third-order valence-corrected chi connectivity index (χ3v) is 5.80. The highest BCUT2D eigenvalue weighted by Gasteiger charge is 2.53. The topological polar surface area (TPSA) is 61.9 Å². The molecule has 2 heterocycles. The van der Waals surface area contributed by atoms with Crippen LogP contribution < -0.4 is 0 Å². The zero-order valence-corrected chi connectivity index (χ0v) is 17.9. The summed E-state index contributed by atoms with van der Waals surface area (Å²) >= 11 is 0. The van der Waals surface area contributed by atoms with Crippen molar-refractivity contribution in [3.63, 3.8) is 0 Å². The van der Waals surface area contributed by atoms with Crippen molar-refractivity contribution in [2.75, 3.05) is 6.61 Å². The summed E-state index contributed by atoms with van der Waals surface area (Å²) in [5.41, 5.74) is 0.534. The number of halogens is 6. The molecule has 178 valence electrons. The number of aromatic nitrogens is 4. The second-order valence-electron chi connectivity index (χ2n) is 8.91. The molecule has 2 aromatic rings. The Bertz CT molecular complexity index is 960. The average Bonchev–Trinajstić information content (AvgIpc) is 3.07. The molecule has 0 bridgehead atoms. The monoisotopic (exact) mass is 466 g/mol. The Hall–Kier alpha value is -2.37. The molecule has 3 unspecified atom stereocenters. The number of carbonyl (C=O) groups is 1. The largest absolute Gasteiger partial charge is 0.435 e. The van der Waals surface area contributed by atoms with Gasteiger partial charge in [-0.2, -0.15) is 36.5 Å². The zero-order chi connectivity index (χ0) is 24.1. The summed E-state index contributed by atoms with van der Waals surface area (Å²) in [4.78, 5) is 12.8. The third kappa shape index (κ3) is 5.16. The first-order chi connectivity index (χ1) is 14.6. The Morgan fingerprint density at radius 3 is 2.31 bits per heavy atom. The Labute approximate surface area is 180 Å². The van der Waals surface area contributed by atoms with E-state index in [0.717, 1.165) is 11.8 Å². The van der Waals surface area contributed by atoms with Crippen molar-refractivity contribution in [2.24, 2.45) is 11.8 Å². The number of alkyl halides is 6. The van der Waals surface area contributed by atoms with E-state index in [1.54, 1.807) is 26.2 Å². The fourth-order valence-electron chi connectivity index (χ4n) is 3.70. The highest BCUT2D eigenvalue weighted by molar-refractivity contribution is 5.83. The minimum absolute atomic E-state index is 0.181. The molecule has 0 amide bonds. The van der Waals surface area contributed by atoms with E-state index < -0.39 is 30.6 Å². The lowest BCUT2D eigenvalue weighted by molar-refractivity contribution is -0.281. The number of carbonyl (C=O) groups excluding carboxylic acids is 1. The van der Waals surface area contributed by atoms with Crippen LogP contribution in [0.4, 0.5) is 26.3 Å². The second-order valence-corrected chi connectivity index (χ2v) is 8.91. The standard InChI is InChI=1S/C20H24F6N4O2/c1-11(2)12-6-27-29(8-12)16(31)14-5-15(14)18(3,4)13-7-28-30(9-13)17(20(24,25)26)32-10-19(21,22)23/h6-9,11,14-15,17H,5,10H2,1-4H3. The summed E-state index contributed by atoms with van der Waals surface area (Å²) in [6.45, 7) is 5.40. The molecular weight excluding hydrogens is 442 g/mol. The minimum atomic E-state index is -5.09. The maximum Gasteiger partial charge on any atom is 0.435 e. The lowest BCUT2D eigenvalue weighted by atomic mass is 9.80. The van der Waals surface area contributed by atoms with Gasteiger partial charge in [0, 0.05) is 18.3 Å². The van der Waals surface area contributed by atoms with Crippen LogP contribution >= 0.6 is 0 Å². The smallest absolute Gasteiger partial charge is 0.339 e. The van der Waals surface area contributed by atoms with Crippen LogP contribution in [0.3, 0.4) is 0 Å². The normalized spacial score (nSPS) is 20.6. The number of ether oxygens (including phenoxy) is 1. The first-order valence-corrected chi connectivity index (χ1v) is 9.99. The molecule has 0 saturated heterocycles. The first-order valence-electron chi connectivity index (χ1n) is 9.99. The van der Waals surface area contributed by atoms with Crippen molar-refractivity contribution in [1.29, 1.82) is 0 Å². The SMILES string of the molecule is CC(C)c1cnn(C(=O)C2CC2C(C)(C)c2cnn(C(OCC(F)(F)F)C(F)(F)F)c2)c1. The summed E-state index contributed by atoms with van der Waals surface area (Å²) < 4.78 is 82.6.